The smallest absolute Gasteiger partial charge is 0.0790 e. The molecule has 0 aliphatic rings. The van der Waals surface area contributed by atoms with Crippen LogP contribution in [0.15, 0.2) is 30.6 Å². The van der Waals surface area contributed by atoms with Crippen LogP contribution in [-0.4, -0.2) is 9.78 Å². The molecule has 78 valence electrons. The Balaban J connectivity index is 2.55. The third-order valence-electron chi connectivity index (χ3n) is 1.99. The van der Waals surface area contributed by atoms with E-state index in [2.05, 4.69) is 21.0 Å². The van der Waals surface area contributed by atoms with Gasteiger partial charge in [-0.1, -0.05) is 45.2 Å². The highest BCUT2D eigenvalue weighted by Gasteiger charge is 2.05. The summed E-state index contributed by atoms with van der Waals surface area (Å²) in [4.78, 5) is 0. The molecule has 0 saturated heterocycles. The SMILES string of the molecule is Clc1ccc(CBr)c(-n2cc(Cl)cn2)c1. The highest BCUT2D eigenvalue weighted by molar-refractivity contribution is 9.08. The van der Waals surface area contributed by atoms with Gasteiger partial charge in [-0.3, -0.25) is 0 Å². The van der Waals surface area contributed by atoms with Crippen molar-refractivity contribution in [3.8, 4) is 5.69 Å². The van der Waals surface area contributed by atoms with Crippen molar-refractivity contribution >= 4 is 39.1 Å². The highest BCUT2D eigenvalue weighted by Crippen LogP contribution is 2.22. The third-order valence-corrected chi connectivity index (χ3v) is 3.02. The van der Waals surface area contributed by atoms with Gasteiger partial charge in [0.1, 0.15) is 0 Å². The van der Waals surface area contributed by atoms with Crippen LogP contribution in [0, 0.1) is 0 Å². The molecule has 0 atom stereocenters. The van der Waals surface area contributed by atoms with Crippen LogP contribution in [0.1, 0.15) is 5.56 Å². The van der Waals surface area contributed by atoms with Gasteiger partial charge in [-0.25, -0.2) is 4.68 Å². The first-order chi connectivity index (χ1) is 7.20. The molecule has 0 unspecified atom stereocenters. The van der Waals surface area contributed by atoms with Crippen molar-refractivity contribution in [2.75, 3.05) is 0 Å². The van der Waals surface area contributed by atoms with Crippen molar-refractivity contribution < 1.29 is 0 Å². The van der Waals surface area contributed by atoms with E-state index in [9.17, 15) is 0 Å². The Morgan fingerprint density at radius 2 is 2.07 bits per heavy atom. The molecule has 0 N–H and O–H groups in total. The van der Waals surface area contributed by atoms with Gasteiger partial charge in [0.15, 0.2) is 0 Å². The fourth-order valence-corrected chi connectivity index (χ4v) is 2.07. The Hall–Kier alpha value is -0.510. The van der Waals surface area contributed by atoms with Gasteiger partial charge in [-0.05, 0) is 17.7 Å². The van der Waals surface area contributed by atoms with Crippen LogP contribution in [0.3, 0.4) is 0 Å². The fraction of sp³-hybridized carbons (Fsp3) is 0.100. The van der Waals surface area contributed by atoms with Crippen molar-refractivity contribution in [2.45, 2.75) is 5.33 Å². The van der Waals surface area contributed by atoms with Gasteiger partial charge < -0.3 is 0 Å². The second kappa shape index (κ2) is 4.56. The summed E-state index contributed by atoms with van der Waals surface area (Å²) in [6, 6.07) is 5.68. The molecule has 15 heavy (non-hydrogen) atoms. The number of rotatable bonds is 2. The first-order valence-electron chi connectivity index (χ1n) is 4.25. The number of nitrogens with zero attached hydrogens (tertiary/aromatic N) is 2. The summed E-state index contributed by atoms with van der Waals surface area (Å²) >= 11 is 15.2. The van der Waals surface area contributed by atoms with Crippen molar-refractivity contribution in [3.63, 3.8) is 0 Å². The maximum Gasteiger partial charge on any atom is 0.0790 e. The van der Waals surface area contributed by atoms with Crippen molar-refractivity contribution in [2.24, 2.45) is 0 Å². The van der Waals surface area contributed by atoms with E-state index in [0.717, 1.165) is 16.6 Å². The molecule has 0 aliphatic carbocycles. The number of aromatic nitrogens is 2. The molecule has 2 nitrogen and oxygen atoms in total. The van der Waals surface area contributed by atoms with Gasteiger partial charge >= 0.3 is 0 Å². The van der Waals surface area contributed by atoms with E-state index in [1.165, 1.54) is 0 Å². The quantitative estimate of drug-likeness (QED) is 0.765. The van der Waals surface area contributed by atoms with E-state index in [1.807, 2.05) is 18.2 Å². The van der Waals surface area contributed by atoms with E-state index in [-0.39, 0.29) is 0 Å². The zero-order chi connectivity index (χ0) is 10.8. The minimum absolute atomic E-state index is 0.607. The molecule has 1 aromatic carbocycles. The summed E-state index contributed by atoms with van der Waals surface area (Å²) in [7, 11) is 0. The Labute approximate surface area is 106 Å². The van der Waals surface area contributed by atoms with Gasteiger partial charge in [0, 0.05) is 16.5 Å². The van der Waals surface area contributed by atoms with Crippen LogP contribution in [0.5, 0.6) is 0 Å². The van der Waals surface area contributed by atoms with Gasteiger partial charge in [0.05, 0.1) is 16.9 Å². The summed E-state index contributed by atoms with van der Waals surface area (Å²) in [5.74, 6) is 0. The molecule has 0 saturated carbocycles. The lowest BCUT2D eigenvalue weighted by atomic mass is 10.2. The van der Waals surface area contributed by atoms with Crippen LogP contribution in [0.2, 0.25) is 10.0 Å². The number of hydrogen-bond donors (Lipinski definition) is 0. The lowest BCUT2D eigenvalue weighted by molar-refractivity contribution is 0.872. The zero-order valence-corrected chi connectivity index (χ0v) is 10.7. The first kappa shape index (κ1) is 11.0. The van der Waals surface area contributed by atoms with Crippen molar-refractivity contribution in [1.82, 2.24) is 9.78 Å². The van der Waals surface area contributed by atoms with Gasteiger partial charge in [-0.2, -0.15) is 5.10 Å². The molecule has 0 amide bonds. The third kappa shape index (κ3) is 2.36. The van der Waals surface area contributed by atoms with E-state index in [0.29, 0.717) is 10.0 Å². The van der Waals surface area contributed by atoms with E-state index in [1.54, 1.807) is 17.1 Å². The van der Waals surface area contributed by atoms with Crippen LogP contribution in [0.25, 0.3) is 5.69 Å². The van der Waals surface area contributed by atoms with Crippen LogP contribution in [0.4, 0.5) is 0 Å². The van der Waals surface area contributed by atoms with Crippen molar-refractivity contribution in [3.05, 3.63) is 46.2 Å². The van der Waals surface area contributed by atoms with Gasteiger partial charge in [0.25, 0.3) is 0 Å². The maximum atomic E-state index is 5.94. The Morgan fingerprint density at radius 1 is 1.27 bits per heavy atom. The van der Waals surface area contributed by atoms with Crippen LogP contribution < -0.4 is 0 Å². The zero-order valence-electron chi connectivity index (χ0n) is 7.62. The van der Waals surface area contributed by atoms with E-state index < -0.39 is 0 Å². The average molecular weight is 306 g/mol. The normalized spacial score (nSPS) is 10.6. The number of hydrogen-bond acceptors (Lipinski definition) is 1. The molecule has 5 heteroatoms. The first-order valence-corrected chi connectivity index (χ1v) is 6.13. The Kier molecular flexibility index (Phi) is 3.34. The summed E-state index contributed by atoms with van der Waals surface area (Å²) in [5, 5.41) is 6.18. The predicted molar refractivity (Wildman–Crippen MR) is 66.2 cm³/mol. The largest absolute Gasteiger partial charge is 0.239 e. The maximum absolute atomic E-state index is 5.94. The molecule has 0 aliphatic heterocycles. The highest BCUT2D eigenvalue weighted by atomic mass is 79.9. The minimum atomic E-state index is 0.607. The number of halogens is 3. The summed E-state index contributed by atoms with van der Waals surface area (Å²) in [6.45, 7) is 0. The molecular formula is C10H7BrCl2N2. The van der Waals surface area contributed by atoms with Gasteiger partial charge in [-0.15, -0.1) is 0 Å². The molecule has 2 aromatic rings. The lowest BCUT2D eigenvalue weighted by Gasteiger charge is -2.07. The van der Waals surface area contributed by atoms with Crippen LogP contribution >= 0.6 is 39.1 Å². The Bertz CT molecular complexity index is 482. The number of benzene rings is 1. The summed E-state index contributed by atoms with van der Waals surface area (Å²) in [5.41, 5.74) is 2.05. The molecular weight excluding hydrogens is 299 g/mol. The fourth-order valence-electron chi connectivity index (χ4n) is 1.30. The monoisotopic (exact) mass is 304 g/mol. The molecule has 1 aromatic heterocycles. The molecule has 0 fully saturated rings. The second-order valence-corrected chi connectivity index (χ2v) is 4.44. The average Bonchev–Trinajstić information content (AvgIpc) is 2.65. The van der Waals surface area contributed by atoms with E-state index in [4.69, 9.17) is 23.2 Å². The molecule has 1 heterocycles. The second-order valence-electron chi connectivity index (χ2n) is 3.01. The summed E-state index contributed by atoms with van der Waals surface area (Å²) < 4.78 is 1.71. The van der Waals surface area contributed by atoms with Gasteiger partial charge in [0.2, 0.25) is 0 Å². The lowest BCUT2D eigenvalue weighted by Crippen LogP contribution is -1.98. The molecule has 0 spiro atoms. The Morgan fingerprint density at radius 3 is 2.67 bits per heavy atom. The topological polar surface area (TPSA) is 17.8 Å². The molecule has 0 bridgehead atoms. The number of alkyl halides is 1. The predicted octanol–water partition coefficient (Wildman–Crippen LogP) is 4.07. The van der Waals surface area contributed by atoms with Crippen LogP contribution in [-0.2, 0) is 5.33 Å². The standard InChI is InChI=1S/C10H7BrCl2N2/c11-4-7-1-2-8(12)3-10(7)15-6-9(13)5-14-15/h1-3,5-6H,4H2. The summed E-state index contributed by atoms with van der Waals surface area (Å²) in [6.07, 6.45) is 3.35. The minimum Gasteiger partial charge on any atom is -0.239 e. The molecule has 2 rings (SSSR count). The molecule has 0 radical (unpaired) electrons. The van der Waals surface area contributed by atoms with Crippen molar-refractivity contribution in [1.29, 1.82) is 0 Å². The van der Waals surface area contributed by atoms with E-state index >= 15 is 0 Å².